The van der Waals surface area contributed by atoms with Gasteiger partial charge in [-0.2, -0.15) is 0 Å². The van der Waals surface area contributed by atoms with Gasteiger partial charge in [0.25, 0.3) is 0 Å². The van der Waals surface area contributed by atoms with Crippen LogP contribution in [0.2, 0.25) is 5.15 Å². The molecule has 1 aliphatic heterocycles. The van der Waals surface area contributed by atoms with E-state index >= 15 is 0 Å². The number of pyridine rings is 1. The minimum atomic E-state index is 0.578. The Hall–Kier alpha value is -0.760. The van der Waals surface area contributed by atoms with Gasteiger partial charge in [0, 0.05) is 13.1 Å². The third kappa shape index (κ3) is 1.85. The van der Waals surface area contributed by atoms with Crippen molar-refractivity contribution in [3.63, 3.8) is 0 Å². The molecule has 1 aromatic rings. The maximum atomic E-state index is 5.86. The molecule has 1 aliphatic rings. The van der Waals surface area contributed by atoms with Gasteiger partial charge in [-0.3, -0.25) is 0 Å². The third-order valence-electron chi connectivity index (χ3n) is 3.01. The van der Waals surface area contributed by atoms with Crippen LogP contribution in [0, 0.1) is 11.8 Å². The molecule has 14 heavy (non-hydrogen) atoms. The summed E-state index contributed by atoms with van der Waals surface area (Å²) in [6.07, 6.45) is 0. The first-order valence-corrected chi connectivity index (χ1v) is 5.42. The molecule has 0 saturated carbocycles. The van der Waals surface area contributed by atoms with Gasteiger partial charge in [0.1, 0.15) is 11.0 Å². The van der Waals surface area contributed by atoms with Gasteiger partial charge in [-0.25, -0.2) is 4.98 Å². The molecule has 0 radical (unpaired) electrons. The van der Waals surface area contributed by atoms with Crippen LogP contribution in [0.1, 0.15) is 13.8 Å². The Morgan fingerprint density at radius 3 is 2.50 bits per heavy atom. The quantitative estimate of drug-likeness (QED) is 0.663. The van der Waals surface area contributed by atoms with Crippen molar-refractivity contribution in [2.24, 2.45) is 11.8 Å². The highest BCUT2D eigenvalue weighted by Gasteiger charge is 2.26. The average Bonchev–Trinajstić information content (AvgIpc) is 2.47. The standard InChI is InChI=1S/C11H15ClN2/c1-8-6-14(7-9(8)2)11-5-3-4-10(12)13-11/h3-5,8-9H,6-7H2,1-2H3. The normalized spacial score (nSPS) is 26.9. The van der Waals surface area contributed by atoms with Crippen LogP contribution in [0.15, 0.2) is 18.2 Å². The van der Waals surface area contributed by atoms with Crippen LogP contribution in [0.4, 0.5) is 5.82 Å². The lowest BCUT2D eigenvalue weighted by molar-refractivity contribution is 0.494. The molecule has 0 bridgehead atoms. The van der Waals surface area contributed by atoms with Crippen LogP contribution < -0.4 is 4.90 Å². The van der Waals surface area contributed by atoms with Crippen LogP contribution in [-0.2, 0) is 0 Å². The van der Waals surface area contributed by atoms with Crippen molar-refractivity contribution < 1.29 is 0 Å². The zero-order valence-corrected chi connectivity index (χ0v) is 9.33. The highest BCUT2D eigenvalue weighted by molar-refractivity contribution is 6.29. The molecular weight excluding hydrogens is 196 g/mol. The predicted octanol–water partition coefficient (Wildman–Crippen LogP) is 2.83. The summed E-state index contributed by atoms with van der Waals surface area (Å²) in [4.78, 5) is 6.62. The second-order valence-corrected chi connectivity index (χ2v) is 4.57. The fourth-order valence-corrected chi connectivity index (χ4v) is 2.05. The zero-order chi connectivity index (χ0) is 10.1. The van der Waals surface area contributed by atoms with E-state index in [1.807, 2.05) is 18.2 Å². The number of hydrogen-bond donors (Lipinski definition) is 0. The van der Waals surface area contributed by atoms with E-state index in [0.29, 0.717) is 5.15 Å². The number of anilines is 1. The molecule has 1 aromatic heterocycles. The highest BCUT2D eigenvalue weighted by atomic mass is 35.5. The Labute approximate surface area is 89.9 Å². The minimum Gasteiger partial charge on any atom is -0.356 e. The number of nitrogens with zero attached hydrogens (tertiary/aromatic N) is 2. The van der Waals surface area contributed by atoms with Crippen molar-refractivity contribution in [1.29, 1.82) is 0 Å². The summed E-state index contributed by atoms with van der Waals surface area (Å²) < 4.78 is 0. The highest BCUT2D eigenvalue weighted by Crippen LogP contribution is 2.26. The summed E-state index contributed by atoms with van der Waals surface area (Å²) in [6.45, 7) is 6.76. The Balaban J connectivity index is 2.17. The molecule has 1 fully saturated rings. The number of hydrogen-bond acceptors (Lipinski definition) is 2. The summed E-state index contributed by atoms with van der Waals surface area (Å²) in [6, 6.07) is 5.79. The molecule has 3 heteroatoms. The summed E-state index contributed by atoms with van der Waals surface area (Å²) in [7, 11) is 0. The molecule has 0 N–H and O–H groups in total. The van der Waals surface area contributed by atoms with Crippen LogP contribution in [0.25, 0.3) is 0 Å². The number of rotatable bonds is 1. The summed E-state index contributed by atoms with van der Waals surface area (Å²) >= 11 is 5.86. The Morgan fingerprint density at radius 1 is 1.29 bits per heavy atom. The molecule has 0 aromatic carbocycles. The van der Waals surface area contributed by atoms with E-state index in [-0.39, 0.29) is 0 Å². The van der Waals surface area contributed by atoms with E-state index in [1.165, 1.54) is 0 Å². The molecule has 0 spiro atoms. The van der Waals surface area contributed by atoms with Gasteiger partial charge >= 0.3 is 0 Å². The molecule has 2 atom stereocenters. The van der Waals surface area contributed by atoms with Crippen molar-refractivity contribution in [3.05, 3.63) is 23.4 Å². The van der Waals surface area contributed by atoms with E-state index in [4.69, 9.17) is 11.6 Å². The van der Waals surface area contributed by atoms with Crippen molar-refractivity contribution in [2.75, 3.05) is 18.0 Å². The largest absolute Gasteiger partial charge is 0.356 e. The van der Waals surface area contributed by atoms with E-state index < -0.39 is 0 Å². The van der Waals surface area contributed by atoms with Gasteiger partial charge in [0.2, 0.25) is 0 Å². The average molecular weight is 211 g/mol. The Kier molecular flexibility index (Phi) is 2.64. The van der Waals surface area contributed by atoms with Crippen LogP contribution >= 0.6 is 11.6 Å². The smallest absolute Gasteiger partial charge is 0.131 e. The first-order valence-electron chi connectivity index (χ1n) is 5.04. The van der Waals surface area contributed by atoms with Crippen LogP contribution in [0.5, 0.6) is 0 Å². The lowest BCUT2D eigenvalue weighted by Gasteiger charge is -2.16. The third-order valence-corrected chi connectivity index (χ3v) is 3.22. The monoisotopic (exact) mass is 210 g/mol. The van der Waals surface area contributed by atoms with E-state index in [2.05, 4.69) is 23.7 Å². The van der Waals surface area contributed by atoms with E-state index in [1.54, 1.807) is 0 Å². The van der Waals surface area contributed by atoms with Gasteiger partial charge in [0.05, 0.1) is 0 Å². The predicted molar refractivity (Wildman–Crippen MR) is 59.8 cm³/mol. The SMILES string of the molecule is CC1CN(c2cccc(Cl)n2)CC1C. The van der Waals surface area contributed by atoms with Gasteiger partial charge < -0.3 is 4.90 Å². The second-order valence-electron chi connectivity index (χ2n) is 4.18. The Morgan fingerprint density at radius 2 is 1.93 bits per heavy atom. The fraction of sp³-hybridized carbons (Fsp3) is 0.545. The van der Waals surface area contributed by atoms with Crippen LogP contribution in [-0.4, -0.2) is 18.1 Å². The van der Waals surface area contributed by atoms with Crippen molar-refractivity contribution in [3.8, 4) is 0 Å². The van der Waals surface area contributed by atoms with Crippen molar-refractivity contribution in [2.45, 2.75) is 13.8 Å². The second kappa shape index (κ2) is 3.77. The minimum absolute atomic E-state index is 0.578. The fourth-order valence-electron chi connectivity index (χ4n) is 1.89. The van der Waals surface area contributed by atoms with Gasteiger partial charge in [-0.15, -0.1) is 0 Å². The van der Waals surface area contributed by atoms with E-state index in [9.17, 15) is 0 Å². The number of halogens is 1. The Bertz CT molecular complexity index is 317. The molecule has 76 valence electrons. The maximum Gasteiger partial charge on any atom is 0.131 e. The molecule has 2 heterocycles. The molecule has 2 rings (SSSR count). The first-order chi connectivity index (χ1) is 6.66. The summed E-state index contributed by atoms with van der Waals surface area (Å²) in [5, 5.41) is 0.578. The zero-order valence-electron chi connectivity index (χ0n) is 8.57. The lowest BCUT2D eigenvalue weighted by Crippen LogP contribution is -2.20. The van der Waals surface area contributed by atoms with Gasteiger partial charge in [-0.1, -0.05) is 31.5 Å². The topological polar surface area (TPSA) is 16.1 Å². The molecular formula is C11H15ClN2. The molecule has 1 saturated heterocycles. The molecule has 2 nitrogen and oxygen atoms in total. The van der Waals surface area contributed by atoms with Crippen LogP contribution in [0.3, 0.4) is 0 Å². The summed E-state index contributed by atoms with van der Waals surface area (Å²) in [5.74, 6) is 2.50. The van der Waals surface area contributed by atoms with Gasteiger partial charge in [-0.05, 0) is 24.0 Å². The maximum absolute atomic E-state index is 5.86. The van der Waals surface area contributed by atoms with Gasteiger partial charge in [0.15, 0.2) is 0 Å². The summed E-state index contributed by atoms with van der Waals surface area (Å²) in [5.41, 5.74) is 0. The van der Waals surface area contributed by atoms with Crippen molar-refractivity contribution >= 4 is 17.4 Å². The number of aromatic nitrogens is 1. The molecule has 0 amide bonds. The molecule has 2 unspecified atom stereocenters. The van der Waals surface area contributed by atoms with Crippen molar-refractivity contribution in [1.82, 2.24) is 4.98 Å². The molecule has 0 aliphatic carbocycles. The lowest BCUT2D eigenvalue weighted by atomic mass is 10.0. The van der Waals surface area contributed by atoms with E-state index in [0.717, 1.165) is 30.7 Å². The first kappa shape index (κ1) is 9.78.